The molecule has 1 rings (SSSR count). The minimum absolute atomic E-state index is 0.477. The number of sulfone groups is 1. The van der Waals surface area contributed by atoms with Crippen LogP contribution in [0.2, 0.25) is 0 Å². The average molecular weight is 219 g/mol. The molecule has 0 N–H and O–H groups in total. The number of nitro groups is 1. The fourth-order valence-corrected chi connectivity index (χ4v) is 1.63. The van der Waals surface area contributed by atoms with Gasteiger partial charge in [-0.15, -0.1) is 0 Å². The number of halogens is 1. The Morgan fingerprint density at radius 1 is 1.43 bits per heavy atom. The standard InChI is InChI=1S/C7H6FNO4S/c1-14(12,13)7-3-2-5(9(10)11)4-6(7)8/h2-4H,1H3. The van der Waals surface area contributed by atoms with Crippen molar-refractivity contribution in [1.29, 1.82) is 0 Å². The third kappa shape index (κ3) is 2.05. The Morgan fingerprint density at radius 3 is 2.36 bits per heavy atom. The summed E-state index contributed by atoms with van der Waals surface area (Å²) in [6.45, 7) is 0. The van der Waals surface area contributed by atoms with Crippen LogP contribution >= 0.6 is 0 Å². The van der Waals surface area contributed by atoms with Gasteiger partial charge in [0, 0.05) is 12.3 Å². The Hall–Kier alpha value is -1.50. The lowest BCUT2D eigenvalue weighted by Gasteiger charge is -1.99. The van der Waals surface area contributed by atoms with E-state index < -0.39 is 31.2 Å². The van der Waals surface area contributed by atoms with Gasteiger partial charge >= 0.3 is 0 Å². The number of hydrogen-bond donors (Lipinski definition) is 0. The van der Waals surface area contributed by atoms with Crippen LogP contribution in [0.4, 0.5) is 10.1 Å². The van der Waals surface area contributed by atoms with Crippen LogP contribution in [0.1, 0.15) is 0 Å². The van der Waals surface area contributed by atoms with E-state index in [4.69, 9.17) is 0 Å². The molecule has 14 heavy (non-hydrogen) atoms. The second-order valence-electron chi connectivity index (χ2n) is 2.64. The number of non-ortho nitro benzene ring substituents is 1. The summed E-state index contributed by atoms with van der Waals surface area (Å²) in [5.41, 5.74) is -0.477. The zero-order chi connectivity index (χ0) is 10.9. The maximum absolute atomic E-state index is 13.0. The first-order valence-electron chi connectivity index (χ1n) is 3.46. The molecule has 0 heterocycles. The van der Waals surface area contributed by atoms with Crippen molar-refractivity contribution in [3.05, 3.63) is 34.1 Å². The first-order valence-corrected chi connectivity index (χ1v) is 5.35. The van der Waals surface area contributed by atoms with Crippen LogP contribution < -0.4 is 0 Å². The van der Waals surface area contributed by atoms with Gasteiger partial charge in [0.25, 0.3) is 5.69 Å². The van der Waals surface area contributed by atoms with E-state index in [-0.39, 0.29) is 0 Å². The lowest BCUT2D eigenvalue weighted by molar-refractivity contribution is -0.385. The van der Waals surface area contributed by atoms with Gasteiger partial charge in [0.2, 0.25) is 0 Å². The number of nitrogens with zero attached hydrogens (tertiary/aromatic N) is 1. The summed E-state index contributed by atoms with van der Waals surface area (Å²) < 4.78 is 34.9. The van der Waals surface area contributed by atoms with E-state index in [1.165, 1.54) is 0 Å². The lowest BCUT2D eigenvalue weighted by Crippen LogP contribution is -2.01. The first kappa shape index (κ1) is 10.6. The molecule has 0 aromatic heterocycles. The maximum Gasteiger partial charge on any atom is 0.272 e. The van der Waals surface area contributed by atoms with Gasteiger partial charge in [-0.05, 0) is 6.07 Å². The molecular weight excluding hydrogens is 213 g/mol. The van der Waals surface area contributed by atoms with Gasteiger partial charge in [-0.25, -0.2) is 12.8 Å². The molecule has 1 aromatic carbocycles. The highest BCUT2D eigenvalue weighted by atomic mass is 32.2. The number of benzene rings is 1. The van der Waals surface area contributed by atoms with Crippen LogP contribution in [0, 0.1) is 15.9 Å². The summed E-state index contributed by atoms with van der Waals surface area (Å²) in [7, 11) is -3.67. The first-order chi connectivity index (χ1) is 6.32. The van der Waals surface area contributed by atoms with E-state index in [1.807, 2.05) is 0 Å². The van der Waals surface area contributed by atoms with E-state index in [2.05, 4.69) is 0 Å². The van der Waals surface area contributed by atoms with Crippen molar-refractivity contribution in [2.45, 2.75) is 4.90 Å². The van der Waals surface area contributed by atoms with E-state index >= 15 is 0 Å². The van der Waals surface area contributed by atoms with E-state index in [0.717, 1.165) is 18.4 Å². The number of hydrogen-bond acceptors (Lipinski definition) is 4. The van der Waals surface area contributed by atoms with Gasteiger partial charge < -0.3 is 0 Å². The van der Waals surface area contributed by atoms with Crippen molar-refractivity contribution in [1.82, 2.24) is 0 Å². The summed E-state index contributed by atoms with van der Waals surface area (Å²) in [5, 5.41) is 10.2. The van der Waals surface area contributed by atoms with Gasteiger partial charge in [0.1, 0.15) is 10.7 Å². The summed E-state index contributed by atoms with van der Waals surface area (Å²) in [4.78, 5) is 8.87. The normalized spacial score (nSPS) is 11.3. The molecule has 5 nitrogen and oxygen atoms in total. The molecule has 0 saturated carbocycles. The quantitative estimate of drug-likeness (QED) is 0.552. The Balaban J connectivity index is 3.35. The van der Waals surface area contributed by atoms with Crippen LogP contribution in [0.3, 0.4) is 0 Å². The molecular formula is C7H6FNO4S. The highest BCUT2D eigenvalue weighted by Crippen LogP contribution is 2.19. The number of nitro benzene ring substituents is 1. The predicted octanol–water partition coefficient (Wildman–Crippen LogP) is 1.14. The Bertz CT molecular complexity index is 482. The van der Waals surface area contributed by atoms with Gasteiger partial charge in [-0.1, -0.05) is 0 Å². The maximum atomic E-state index is 13.0. The largest absolute Gasteiger partial charge is 0.272 e. The van der Waals surface area contributed by atoms with Crippen molar-refractivity contribution in [2.24, 2.45) is 0 Å². The van der Waals surface area contributed by atoms with Crippen molar-refractivity contribution in [3.8, 4) is 0 Å². The second-order valence-corrected chi connectivity index (χ2v) is 4.63. The molecule has 0 aliphatic heterocycles. The molecule has 0 radical (unpaired) electrons. The third-order valence-electron chi connectivity index (χ3n) is 1.53. The van der Waals surface area contributed by atoms with Crippen molar-refractivity contribution < 1.29 is 17.7 Å². The fraction of sp³-hybridized carbons (Fsp3) is 0.143. The monoisotopic (exact) mass is 219 g/mol. The molecule has 0 saturated heterocycles. The van der Waals surface area contributed by atoms with Crippen molar-refractivity contribution in [2.75, 3.05) is 6.26 Å². The van der Waals surface area contributed by atoms with Crippen molar-refractivity contribution >= 4 is 15.5 Å². The van der Waals surface area contributed by atoms with Gasteiger partial charge in [-0.2, -0.15) is 0 Å². The third-order valence-corrected chi connectivity index (χ3v) is 2.66. The molecule has 0 spiro atoms. The molecule has 76 valence electrons. The zero-order valence-corrected chi connectivity index (χ0v) is 7.91. The lowest BCUT2D eigenvalue weighted by atomic mass is 10.3. The van der Waals surface area contributed by atoms with Crippen LogP contribution in [-0.2, 0) is 9.84 Å². The average Bonchev–Trinajstić information content (AvgIpc) is 2.01. The van der Waals surface area contributed by atoms with Crippen LogP contribution in [0.5, 0.6) is 0 Å². The highest BCUT2D eigenvalue weighted by Gasteiger charge is 2.17. The molecule has 1 aromatic rings. The van der Waals surface area contributed by atoms with Crippen LogP contribution in [-0.4, -0.2) is 19.6 Å². The Kier molecular flexibility index (Phi) is 2.52. The topological polar surface area (TPSA) is 77.3 Å². The molecule has 0 unspecified atom stereocenters. The summed E-state index contributed by atoms with van der Waals surface area (Å²) in [5.74, 6) is -1.11. The fourth-order valence-electron chi connectivity index (χ4n) is 0.904. The van der Waals surface area contributed by atoms with Crippen LogP contribution in [0.15, 0.2) is 23.1 Å². The van der Waals surface area contributed by atoms with Crippen molar-refractivity contribution in [3.63, 3.8) is 0 Å². The Labute approximate surface area is 79.2 Å². The second kappa shape index (κ2) is 3.33. The van der Waals surface area contributed by atoms with E-state index in [0.29, 0.717) is 6.07 Å². The van der Waals surface area contributed by atoms with Gasteiger partial charge in [0.05, 0.1) is 11.0 Å². The summed E-state index contributed by atoms with van der Waals surface area (Å²) >= 11 is 0. The molecule has 7 heteroatoms. The summed E-state index contributed by atoms with van der Waals surface area (Å²) in [6, 6.07) is 2.40. The zero-order valence-electron chi connectivity index (χ0n) is 7.10. The van der Waals surface area contributed by atoms with E-state index in [1.54, 1.807) is 0 Å². The highest BCUT2D eigenvalue weighted by molar-refractivity contribution is 7.90. The molecule has 0 bridgehead atoms. The molecule has 0 amide bonds. The van der Waals surface area contributed by atoms with Gasteiger partial charge in [-0.3, -0.25) is 10.1 Å². The van der Waals surface area contributed by atoms with E-state index in [9.17, 15) is 22.9 Å². The molecule has 0 atom stereocenters. The molecule has 0 fully saturated rings. The molecule has 0 aliphatic rings. The van der Waals surface area contributed by atoms with Crippen LogP contribution in [0.25, 0.3) is 0 Å². The van der Waals surface area contributed by atoms with Gasteiger partial charge in [0.15, 0.2) is 9.84 Å². The minimum atomic E-state index is -3.67. The predicted molar refractivity (Wildman–Crippen MR) is 46.2 cm³/mol. The minimum Gasteiger partial charge on any atom is -0.258 e. The smallest absolute Gasteiger partial charge is 0.258 e. The summed E-state index contributed by atoms with van der Waals surface area (Å²) in [6.07, 6.45) is 0.831. The Morgan fingerprint density at radius 2 is 2.00 bits per heavy atom. The molecule has 0 aliphatic carbocycles. The SMILES string of the molecule is CS(=O)(=O)c1ccc([N+](=O)[O-])cc1F. The number of rotatable bonds is 2.